The molecule has 8 nitrogen and oxygen atoms in total. The molecule has 5 heterocycles. The van der Waals surface area contributed by atoms with Crippen LogP contribution in [0.3, 0.4) is 0 Å². The Hall–Kier alpha value is -4.43. The van der Waals surface area contributed by atoms with Gasteiger partial charge in [-0.25, -0.2) is 9.37 Å². The largest absolute Gasteiger partial charge is 0.478 e. The van der Waals surface area contributed by atoms with Crippen LogP contribution in [-0.2, 0) is 25.7 Å². The number of anilines is 1. The number of rotatable bonds is 8. The molecule has 5 aliphatic heterocycles. The van der Waals surface area contributed by atoms with E-state index < -0.39 is 5.97 Å². The summed E-state index contributed by atoms with van der Waals surface area (Å²) in [5, 5.41) is 19.7. The third-order valence-electron chi connectivity index (χ3n) is 12.9. The molecule has 0 bridgehead atoms. The van der Waals surface area contributed by atoms with Crippen LogP contribution in [0.2, 0.25) is 0 Å². The average Bonchev–Trinajstić information content (AvgIpc) is 3.52. The molecule has 1 aliphatic carbocycles. The standard InChI is InChI=1S/C46H54N4O4/c51-45(48-21-20-47-29-30-12-4-2-1-3-5-13-30)33-18-19-34(46(52)53)37(28-33)40-38-26-31-14-6-8-22-49-24-10-16-35(41(31)49)43(38)54-44-36-17-11-25-50-23-9-7-15-32(42(36)50)27-39(40)44/h2,4,18-19,26-28,30,47H,1,3,5-17,20-25,29H2,(H-,48,51,52,53)/p+1/b4-2-. The molecule has 282 valence electrons. The zero-order valence-corrected chi connectivity index (χ0v) is 31.7. The number of nitrogens with zero attached hydrogens (tertiary/aromatic N) is 2. The zero-order valence-electron chi connectivity index (χ0n) is 31.7. The minimum atomic E-state index is -0.989. The lowest BCUT2D eigenvalue weighted by atomic mass is 9.82. The molecule has 9 rings (SSSR count). The van der Waals surface area contributed by atoms with Crippen LogP contribution in [0.25, 0.3) is 5.57 Å². The molecule has 0 spiro atoms. The van der Waals surface area contributed by atoms with Gasteiger partial charge in [0.05, 0.1) is 11.1 Å². The van der Waals surface area contributed by atoms with Crippen LogP contribution in [0.1, 0.15) is 125 Å². The first kappa shape index (κ1) is 35.3. The molecule has 3 aromatic rings. The van der Waals surface area contributed by atoms with Crippen LogP contribution in [-0.4, -0.2) is 62.8 Å². The zero-order chi connectivity index (χ0) is 36.6. The fourth-order valence-electron chi connectivity index (χ4n) is 10.3. The monoisotopic (exact) mass is 727 g/mol. The fraction of sp³-hybridized carbons (Fsp3) is 0.500. The Bertz CT molecular complexity index is 2150. The topological polar surface area (TPSA) is 93.9 Å². The highest BCUT2D eigenvalue weighted by atomic mass is 16.5. The highest BCUT2D eigenvalue weighted by Gasteiger charge is 2.36. The van der Waals surface area contributed by atoms with Gasteiger partial charge in [0, 0.05) is 77.8 Å². The van der Waals surface area contributed by atoms with Crippen molar-refractivity contribution in [2.45, 2.75) is 96.3 Å². The lowest BCUT2D eigenvalue weighted by molar-refractivity contribution is 0.0696. The second-order valence-corrected chi connectivity index (χ2v) is 16.4. The number of allylic oxidation sites excluding steroid dienone is 2. The van der Waals surface area contributed by atoms with Crippen molar-refractivity contribution in [2.24, 2.45) is 5.92 Å². The molecule has 8 heteroatoms. The lowest BCUT2D eigenvalue weighted by Crippen LogP contribution is -2.41. The van der Waals surface area contributed by atoms with E-state index in [1.165, 1.54) is 59.0 Å². The SMILES string of the molecule is O=C(NCCNCC1C/C=C\CCCC1)c1ccc(C(=O)O)c(C2=c3cc4c5c(c3Oc3c2cc2c6c3CCCN6CCCC2)CCC[N+]=5CCCC4)c1. The maximum absolute atomic E-state index is 13.8. The second-order valence-electron chi connectivity index (χ2n) is 16.4. The maximum atomic E-state index is 13.8. The van der Waals surface area contributed by atoms with E-state index in [0.717, 1.165) is 131 Å². The second kappa shape index (κ2) is 15.4. The first-order valence-electron chi connectivity index (χ1n) is 21.0. The molecular formula is C46H55N4O4+. The summed E-state index contributed by atoms with van der Waals surface area (Å²) in [6, 6.07) is 9.79. The molecule has 0 fully saturated rings. The predicted molar refractivity (Wildman–Crippen MR) is 214 cm³/mol. The molecule has 1 amide bonds. The van der Waals surface area contributed by atoms with Crippen LogP contribution in [0.15, 0.2) is 42.5 Å². The number of carbonyl (C=O) groups is 2. The third-order valence-corrected chi connectivity index (χ3v) is 12.9. The number of carboxylic acids is 1. The molecule has 0 saturated carbocycles. The molecule has 1 atom stereocenters. The van der Waals surface area contributed by atoms with Gasteiger partial charge in [0.15, 0.2) is 0 Å². The summed E-state index contributed by atoms with van der Waals surface area (Å²) in [4.78, 5) is 29.5. The van der Waals surface area contributed by atoms with Crippen LogP contribution < -0.4 is 35.4 Å². The van der Waals surface area contributed by atoms with Crippen molar-refractivity contribution in [3.8, 4) is 11.5 Å². The smallest absolute Gasteiger partial charge is 0.336 e. The number of amides is 1. The van der Waals surface area contributed by atoms with Crippen molar-refractivity contribution < 1.29 is 19.4 Å². The quantitative estimate of drug-likeness (QED) is 0.116. The Kier molecular flexibility index (Phi) is 10.0. The van der Waals surface area contributed by atoms with Crippen LogP contribution >= 0.6 is 0 Å². The Balaban J connectivity index is 1.15. The Morgan fingerprint density at radius 3 is 2.59 bits per heavy atom. The Morgan fingerprint density at radius 1 is 0.815 bits per heavy atom. The number of carboxylic acid groups (broad SMARTS) is 1. The summed E-state index contributed by atoms with van der Waals surface area (Å²) >= 11 is 0. The highest BCUT2D eigenvalue weighted by Crippen LogP contribution is 2.48. The van der Waals surface area contributed by atoms with Gasteiger partial charge in [-0.1, -0.05) is 18.6 Å². The van der Waals surface area contributed by atoms with Crippen molar-refractivity contribution in [2.75, 3.05) is 50.7 Å². The van der Waals surface area contributed by atoms with Crippen molar-refractivity contribution in [1.29, 1.82) is 0 Å². The van der Waals surface area contributed by atoms with Gasteiger partial charge in [-0.3, -0.25) is 4.79 Å². The van der Waals surface area contributed by atoms with E-state index in [1.54, 1.807) is 12.1 Å². The molecular weight excluding hydrogens is 673 g/mol. The first-order valence-corrected chi connectivity index (χ1v) is 21.0. The third kappa shape index (κ3) is 6.65. The number of hydrogen-bond donors (Lipinski definition) is 3. The van der Waals surface area contributed by atoms with E-state index in [2.05, 4.69) is 44.4 Å². The van der Waals surface area contributed by atoms with E-state index in [1.807, 2.05) is 6.07 Å². The number of nitrogens with one attached hydrogen (secondary N) is 2. The number of hydrogen-bond acceptors (Lipinski definition) is 5. The number of aromatic carboxylic acids is 1. The number of benzene rings is 3. The fourth-order valence-corrected chi connectivity index (χ4v) is 10.3. The van der Waals surface area contributed by atoms with Gasteiger partial charge >= 0.3 is 5.97 Å². The van der Waals surface area contributed by atoms with E-state index in [0.29, 0.717) is 30.1 Å². The van der Waals surface area contributed by atoms with Crippen molar-refractivity contribution in [1.82, 2.24) is 15.2 Å². The van der Waals surface area contributed by atoms with Crippen LogP contribution in [0.5, 0.6) is 11.5 Å². The molecule has 1 unspecified atom stereocenters. The van der Waals surface area contributed by atoms with Gasteiger partial charge in [-0.2, -0.15) is 0 Å². The maximum Gasteiger partial charge on any atom is 0.336 e. The number of fused-ring (bicyclic) bond motifs is 4. The minimum Gasteiger partial charge on any atom is -0.478 e. The van der Waals surface area contributed by atoms with Gasteiger partial charge in [-0.15, -0.1) is 0 Å². The van der Waals surface area contributed by atoms with Crippen LogP contribution in [0, 0.1) is 5.92 Å². The molecule has 54 heavy (non-hydrogen) atoms. The average molecular weight is 728 g/mol. The highest BCUT2D eigenvalue weighted by molar-refractivity contribution is 6.02. The van der Waals surface area contributed by atoms with Gasteiger partial charge in [0.25, 0.3) is 5.91 Å². The van der Waals surface area contributed by atoms with Crippen molar-refractivity contribution in [3.63, 3.8) is 0 Å². The number of ether oxygens (including phenoxy) is 1. The molecule has 0 radical (unpaired) electrons. The van der Waals surface area contributed by atoms with E-state index >= 15 is 0 Å². The Labute approximate surface area is 319 Å². The van der Waals surface area contributed by atoms with Crippen LogP contribution in [0.4, 0.5) is 5.69 Å². The first-order chi connectivity index (χ1) is 26.5. The summed E-state index contributed by atoms with van der Waals surface area (Å²) < 4.78 is 9.82. The molecule has 0 saturated heterocycles. The normalized spacial score (nSPS) is 20.8. The Morgan fingerprint density at radius 2 is 1.67 bits per heavy atom. The minimum absolute atomic E-state index is 0.183. The van der Waals surface area contributed by atoms with Crippen molar-refractivity contribution >= 4 is 23.1 Å². The van der Waals surface area contributed by atoms with E-state index in [-0.39, 0.29) is 11.5 Å². The molecule has 3 aromatic carbocycles. The summed E-state index contributed by atoms with van der Waals surface area (Å²) in [6.07, 6.45) is 21.3. The predicted octanol–water partition coefficient (Wildman–Crippen LogP) is 6.06. The molecule has 0 aromatic heterocycles. The van der Waals surface area contributed by atoms with E-state index in [4.69, 9.17) is 4.74 Å². The van der Waals surface area contributed by atoms with E-state index in [9.17, 15) is 14.7 Å². The van der Waals surface area contributed by atoms with Gasteiger partial charge in [0.2, 0.25) is 5.36 Å². The van der Waals surface area contributed by atoms with Gasteiger partial charge < -0.3 is 25.4 Å². The number of carbonyl (C=O) groups excluding carboxylic acids is 1. The van der Waals surface area contributed by atoms with Gasteiger partial charge in [-0.05, 0) is 131 Å². The van der Waals surface area contributed by atoms with Crippen molar-refractivity contribution in [3.05, 3.63) is 97.6 Å². The molecule has 3 N–H and O–H groups in total. The lowest BCUT2D eigenvalue weighted by Gasteiger charge is -2.35. The van der Waals surface area contributed by atoms with Gasteiger partial charge in [0.1, 0.15) is 24.6 Å². The summed E-state index contributed by atoms with van der Waals surface area (Å²) in [7, 11) is 0. The number of aryl methyl sites for hydroxylation is 2. The molecule has 6 aliphatic rings. The summed E-state index contributed by atoms with van der Waals surface area (Å²) in [5.41, 5.74) is 9.70. The summed E-state index contributed by atoms with van der Waals surface area (Å²) in [6.45, 7) is 6.40. The summed E-state index contributed by atoms with van der Waals surface area (Å²) in [5.74, 6) is 1.24.